The van der Waals surface area contributed by atoms with Crippen LogP contribution in [-0.4, -0.2) is 12.5 Å². The standard InChI is InChI=1S/C10H13ClN2O2/c1-2-7-3-4-9(8(11)5-7)15-6-10(14)13-12/h3-5H,2,6,12H2,1H3,(H,13,14). The highest BCUT2D eigenvalue weighted by Gasteiger charge is 2.04. The van der Waals surface area contributed by atoms with Gasteiger partial charge in [-0.2, -0.15) is 0 Å². The van der Waals surface area contributed by atoms with Gasteiger partial charge in [0.15, 0.2) is 6.61 Å². The molecule has 1 aromatic carbocycles. The number of amides is 1. The molecule has 0 unspecified atom stereocenters. The Bertz CT molecular complexity index is 355. The molecule has 0 spiro atoms. The third kappa shape index (κ3) is 3.42. The monoisotopic (exact) mass is 228 g/mol. The normalized spacial score (nSPS) is 9.80. The Morgan fingerprint density at radius 3 is 2.87 bits per heavy atom. The van der Waals surface area contributed by atoms with Crippen LogP contribution in [0.25, 0.3) is 0 Å². The van der Waals surface area contributed by atoms with Crippen LogP contribution in [0.3, 0.4) is 0 Å². The molecule has 0 fully saturated rings. The number of hydrazine groups is 1. The van der Waals surface area contributed by atoms with E-state index in [1.807, 2.05) is 24.5 Å². The Hall–Kier alpha value is -1.26. The van der Waals surface area contributed by atoms with E-state index in [9.17, 15) is 4.79 Å². The zero-order valence-electron chi connectivity index (χ0n) is 8.42. The summed E-state index contributed by atoms with van der Waals surface area (Å²) in [6.45, 7) is 1.90. The molecule has 5 heteroatoms. The van der Waals surface area contributed by atoms with Crippen LogP contribution in [0.15, 0.2) is 18.2 Å². The van der Waals surface area contributed by atoms with E-state index in [-0.39, 0.29) is 6.61 Å². The third-order valence-electron chi connectivity index (χ3n) is 1.92. The van der Waals surface area contributed by atoms with E-state index in [1.54, 1.807) is 6.07 Å². The first-order chi connectivity index (χ1) is 7.17. The molecule has 1 amide bonds. The fraction of sp³-hybridized carbons (Fsp3) is 0.300. The second-order valence-electron chi connectivity index (χ2n) is 2.97. The third-order valence-corrected chi connectivity index (χ3v) is 2.22. The number of carbonyl (C=O) groups is 1. The van der Waals surface area contributed by atoms with E-state index in [0.29, 0.717) is 10.8 Å². The summed E-state index contributed by atoms with van der Waals surface area (Å²) in [5.41, 5.74) is 3.09. The van der Waals surface area contributed by atoms with Crippen molar-refractivity contribution in [2.75, 3.05) is 6.61 Å². The minimum absolute atomic E-state index is 0.137. The van der Waals surface area contributed by atoms with Gasteiger partial charge in [0.1, 0.15) is 5.75 Å². The molecule has 82 valence electrons. The number of hydrogen-bond acceptors (Lipinski definition) is 3. The van der Waals surface area contributed by atoms with E-state index in [0.717, 1.165) is 12.0 Å². The summed E-state index contributed by atoms with van der Waals surface area (Å²) in [7, 11) is 0. The Balaban J connectivity index is 2.66. The molecule has 0 aliphatic carbocycles. The molecule has 0 radical (unpaired) electrons. The second-order valence-corrected chi connectivity index (χ2v) is 3.38. The van der Waals surface area contributed by atoms with Crippen molar-refractivity contribution < 1.29 is 9.53 Å². The number of rotatable bonds is 4. The number of hydrogen-bond donors (Lipinski definition) is 2. The molecule has 4 nitrogen and oxygen atoms in total. The molecule has 0 aliphatic rings. The topological polar surface area (TPSA) is 64.3 Å². The molecule has 0 heterocycles. The lowest BCUT2D eigenvalue weighted by atomic mass is 10.2. The summed E-state index contributed by atoms with van der Waals surface area (Å²) in [6.07, 6.45) is 0.906. The van der Waals surface area contributed by atoms with Gasteiger partial charge in [0.2, 0.25) is 0 Å². The average Bonchev–Trinajstić information content (AvgIpc) is 2.26. The van der Waals surface area contributed by atoms with Crippen molar-refractivity contribution in [3.63, 3.8) is 0 Å². The Labute approximate surface area is 93.3 Å². The average molecular weight is 229 g/mol. The fourth-order valence-electron chi connectivity index (χ4n) is 1.07. The highest BCUT2D eigenvalue weighted by atomic mass is 35.5. The quantitative estimate of drug-likeness (QED) is 0.464. The van der Waals surface area contributed by atoms with Gasteiger partial charge in [0.05, 0.1) is 5.02 Å². The lowest BCUT2D eigenvalue weighted by Crippen LogP contribution is -2.34. The lowest BCUT2D eigenvalue weighted by Gasteiger charge is -2.07. The maximum atomic E-state index is 10.8. The minimum Gasteiger partial charge on any atom is -0.482 e. The summed E-state index contributed by atoms with van der Waals surface area (Å²) in [4.78, 5) is 10.8. The van der Waals surface area contributed by atoms with Gasteiger partial charge >= 0.3 is 0 Å². The molecule has 0 saturated carbocycles. The summed E-state index contributed by atoms with van der Waals surface area (Å²) >= 11 is 5.95. The molecular formula is C10H13ClN2O2. The molecule has 15 heavy (non-hydrogen) atoms. The number of carbonyl (C=O) groups excluding carboxylic acids is 1. The minimum atomic E-state index is -0.398. The Kier molecular flexibility index (Phi) is 4.39. The fourth-order valence-corrected chi connectivity index (χ4v) is 1.32. The number of benzene rings is 1. The van der Waals surface area contributed by atoms with Crippen LogP contribution >= 0.6 is 11.6 Å². The Morgan fingerprint density at radius 2 is 2.33 bits per heavy atom. The molecule has 0 aliphatic heterocycles. The second kappa shape index (κ2) is 5.58. The first kappa shape index (κ1) is 11.8. The molecule has 1 rings (SSSR count). The predicted octanol–water partition coefficient (Wildman–Crippen LogP) is 1.27. The number of aryl methyl sites for hydroxylation is 1. The zero-order valence-corrected chi connectivity index (χ0v) is 9.17. The Morgan fingerprint density at radius 1 is 1.60 bits per heavy atom. The van der Waals surface area contributed by atoms with Crippen LogP contribution in [0.2, 0.25) is 5.02 Å². The molecular weight excluding hydrogens is 216 g/mol. The van der Waals surface area contributed by atoms with Gasteiger partial charge < -0.3 is 4.74 Å². The lowest BCUT2D eigenvalue weighted by molar-refractivity contribution is -0.123. The SMILES string of the molecule is CCc1ccc(OCC(=O)NN)c(Cl)c1. The van der Waals surface area contributed by atoms with Gasteiger partial charge in [0.25, 0.3) is 5.91 Å². The summed E-state index contributed by atoms with van der Waals surface area (Å²) in [6, 6.07) is 5.46. The molecule has 3 N–H and O–H groups in total. The van der Waals surface area contributed by atoms with Crippen molar-refractivity contribution in [3.8, 4) is 5.75 Å². The highest BCUT2D eigenvalue weighted by Crippen LogP contribution is 2.25. The first-order valence-electron chi connectivity index (χ1n) is 4.58. The smallest absolute Gasteiger partial charge is 0.271 e. The van der Waals surface area contributed by atoms with Crippen LogP contribution in [0.4, 0.5) is 0 Å². The van der Waals surface area contributed by atoms with Crippen LogP contribution in [0.1, 0.15) is 12.5 Å². The van der Waals surface area contributed by atoms with Crippen LogP contribution in [-0.2, 0) is 11.2 Å². The number of nitrogens with one attached hydrogen (secondary N) is 1. The van der Waals surface area contributed by atoms with Gasteiger partial charge in [0, 0.05) is 0 Å². The van der Waals surface area contributed by atoms with E-state index >= 15 is 0 Å². The van der Waals surface area contributed by atoms with Crippen LogP contribution in [0.5, 0.6) is 5.75 Å². The molecule has 1 aromatic rings. The first-order valence-corrected chi connectivity index (χ1v) is 4.95. The number of nitrogens with two attached hydrogens (primary N) is 1. The number of halogens is 1. The van der Waals surface area contributed by atoms with Crippen molar-refractivity contribution in [2.24, 2.45) is 5.84 Å². The zero-order chi connectivity index (χ0) is 11.3. The van der Waals surface area contributed by atoms with E-state index < -0.39 is 5.91 Å². The van der Waals surface area contributed by atoms with E-state index in [4.69, 9.17) is 22.2 Å². The van der Waals surface area contributed by atoms with Crippen molar-refractivity contribution in [2.45, 2.75) is 13.3 Å². The molecule has 0 atom stereocenters. The largest absolute Gasteiger partial charge is 0.482 e. The van der Waals surface area contributed by atoms with E-state index in [2.05, 4.69) is 0 Å². The summed E-state index contributed by atoms with van der Waals surface area (Å²) in [5.74, 6) is 4.99. The summed E-state index contributed by atoms with van der Waals surface area (Å²) in [5, 5.41) is 0.499. The maximum absolute atomic E-state index is 10.8. The van der Waals surface area contributed by atoms with Gasteiger partial charge in [-0.15, -0.1) is 0 Å². The van der Waals surface area contributed by atoms with Crippen molar-refractivity contribution in [3.05, 3.63) is 28.8 Å². The molecule has 0 saturated heterocycles. The van der Waals surface area contributed by atoms with Crippen molar-refractivity contribution in [1.82, 2.24) is 5.43 Å². The molecule has 0 bridgehead atoms. The van der Waals surface area contributed by atoms with E-state index in [1.165, 1.54) is 0 Å². The van der Waals surface area contributed by atoms with Crippen molar-refractivity contribution >= 4 is 17.5 Å². The predicted molar refractivity (Wildman–Crippen MR) is 58.7 cm³/mol. The van der Waals surface area contributed by atoms with Gasteiger partial charge in [-0.1, -0.05) is 24.6 Å². The van der Waals surface area contributed by atoms with Crippen LogP contribution < -0.4 is 16.0 Å². The number of ether oxygens (including phenoxy) is 1. The van der Waals surface area contributed by atoms with Gasteiger partial charge in [-0.05, 0) is 24.1 Å². The van der Waals surface area contributed by atoms with Crippen molar-refractivity contribution in [1.29, 1.82) is 0 Å². The maximum Gasteiger partial charge on any atom is 0.271 e. The summed E-state index contributed by atoms with van der Waals surface area (Å²) < 4.78 is 5.16. The highest BCUT2D eigenvalue weighted by molar-refractivity contribution is 6.32. The van der Waals surface area contributed by atoms with Crippen LogP contribution in [0, 0.1) is 0 Å². The molecule has 0 aromatic heterocycles. The van der Waals surface area contributed by atoms with Gasteiger partial charge in [-0.3, -0.25) is 10.2 Å². The van der Waals surface area contributed by atoms with Gasteiger partial charge in [-0.25, -0.2) is 5.84 Å².